The SMILES string of the molecule is CCCNc1ccccc1C(=O)NCC(F)(F)C(F)F. The maximum Gasteiger partial charge on any atom is 0.324 e. The third kappa shape index (κ3) is 4.40. The van der Waals surface area contributed by atoms with Crippen molar-refractivity contribution in [3.05, 3.63) is 29.8 Å². The fourth-order valence-electron chi connectivity index (χ4n) is 1.47. The molecule has 0 saturated heterocycles. The van der Waals surface area contributed by atoms with Gasteiger partial charge in [0, 0.05) is 12.2 Å². The Morgan fingerprint density at radius 2 is 1.95 bits per heavy atom. The Balaban J connectivity index is 2.72. The predicted molar refractivity (Wildman–Crippen MR) is 68.5 cm³/mol. The molecule has 1 aromatic carbocycles. The first kappa shape index (κ1) is 16.3. The predicted octanol–water partition coefficient (Wildman–Crippen LogP) is 3.14. The van der Waals surface area contributed by atoms with Gasteiger partial charge in [0.15, 0.2) is 0 Å². The van der Waals surface area contributed by atoms with Crippen LogP contribution in [0.2, 0.25) is 0 Å². The van der Waals surface area contributed by atoms with E-state index in [-0.39, 0.29) is 5.56 Å². The minimum absolute atomic E-state index is 0.144. The van der Waals surface area contributed by atoms with Crippen molar-refractivity contribution in [3.63, 3.8) is 0 Å². The third-order valence-corrected chi connectivity index (χ3v) is 2.54. The Morgan fingerprint density at radius 1 is 1.30 bits per heavy atom. The van der Waals surface area contributed by atoms with Gasteiger partial charge in [-0.15, -0.1) is 0 Å². The molecule has 0 radical (unpaired) electrons. The molecule has 1 amide bonds. The number of rotatable bonds is 7. The Labute approximate surface area is 114 Å². The zero-order valence-corrected chi connectivity index (χ0v) is 10.9. The standard InChI is InChI=1S/C13H16F4N2O/c1-2-7-18-10-6-4-3-5-9(10)11(20)19-8-13(16,17)12(14)15/h3-6,12,18H,2,7-8H2,1H3,(H,19,20). The molecule has 0 spiro atoms. The number of hydrogen-bond donors (Lipinski definition) is 2. The first-order valence-corrected chi connectivity index (χ1v) is 6.15. The molecule has 2 N–H and O–H groups in total. The number of halogens is 4. The van der Waals surface area contributed by atoms with Gasteiger partial charge in [0.25, 0.3) is 5.91 Å². The van der Waals surface area contributed by atoms with Crippen LogP contribution in [0.5, 0.6) is 0 Å². The monoisotopic (exact) mass is 292 g/mol. The second kappa shape index (κ2) is 7.12. The van der Waals surface area contributed by atoms with Crippen molar-refractivity contribution < 1.29 is 22.4 Å². The molecule has 0 aliphatic rings. The zero-order chi connectivity index (χ0) is 15.2. The highest BCUT2D eigenvalue weighted by Crippen LogP contribution is 2.22. The summed E-state index contributed by atoms with van der Waals surface area (Å²) in [4.78, 5) is 11.8. The van der Waals surface area contributed by atoms with Crippen LogP contribution in [-0.2, 0) is 0 Å². The topological polar surface area (TPSA) is 41.1 Å². The Hall–Kier alpha value is -1.79. The molecule has 112 valence electrons. The van der Waals surface area contributed by atoms with E-state index in [0.717, 1.165) is 6.42 Å². The number of anilines is 1. The Kier molecular flexibility index (Phi) is 5.79. The zero-order valence-electron chi connectivity index (χ0n) is 10.9. The van der Waals surface area contributed by atoms with Crippen molar-refractivity contribution in [2.75, 3.05) is 18.4 Å². The normalized spacial score (nSPS) is 11.5. The van der Waals surface area contributed by atoms with Crippen LogP contribution in [-0.4, -0.2) is 31.3 Å². The lowest BCUT2D eigenvalue weighted by molar-refractivity contribution is -0.123. The van der Waals surface area contributed by atoms with Crippen molar-refractivity contribution in [2.45, 2.75) is 25.7 Å². The van der Waals surface area contributed by atoms with Gasteiger partial charge < -0.3 is 10.6 Å². The van der Waals surface area contributed by atoms with E-state index in [9.17, 15) is 22.4 Å². The minimum Gasteiger partial charge on any atom is -0.384 e. The molecule has 0 unspecified atom stereocenters. The highest BCUT2D eigenvalue weighted by molar-refractivity contribution is 5.99. The summed E-state index contributed by atoms with van der Waals surface area (Å²) in [7, 11) is 0. The highest BCUT2D eigenvalue weighted by Gasteiger charge is 2.40. The molecule has 7 heteroatoms. The quantitative estimate of drug-likeness (QED) is 0.758. The van der Waals surface area contributed by atoms with Crippen LogP contribution in [0.3, 0.4) is 0 Å². The maximum absolute atomic E-state index is 12.7. The smallest absolute Gasteiger partial charge is 0.324 e. The molecule has 0 aliphatic heterocycles. The van der Waals surface area contributed by atoms with Crippen LogP contribution in [0.15, 0.2) is 24.3 Å². The number of para-hydroxylation sites is 1. The van der Waals surface area contributed by atoms with Crippen LogP contribution >= 0.6 is 0 Å². The fraction of sp³-hybridized carbons (Fsp3) is 0.462. The summed E-state index contributed by atoms with van der Waals surface area (Å²) in [5, 5.41) is 4.80. The molecular weight excluding hydrogens is 276 g/mol. The molecule has 20 heavy (non-hydrogen) atoms. The van der Waals surface area contributed by atoms with Crippen LogP contribution in [0.25, 0.3) is 0 Å². The van der Waals surface area contributed by atoms with Gasteiger partial charge in [-0.1, -0.05) is 19.1 Å². The number of hydrogen-bond acceptors (Lipinski definition) is 2. The third-order valence-electron chi connectivity index (χ3n) is 2.54. The molecule has 1 rings (SSSR count). The molecule has 0 bridgehead atoms. The van der Waals surface area contributed by atoms with Gasteiger partial charge in [-0.05, 0) is 18.6 Å². The molecular formula is C13H16F4N2O. The molecule has 3 nitrogen and oxygen atoms in total. The number of benzene rings is 1. The van der Waals surface area contributed by atoms with E-state index in [1.165, 1.54) is 6.07 Å². The van der Waals surface area contributed by atoms with Gasteiger partial charge in [-0.3, -0.25) is 4.79 Å². The van der Waals surface area contributed by atoms with Gasteiger partial charge in [-0.25, -0.2) is 8.78 Å². The lowest BCUT2D eigenvalue weighted by Crippen LogP contribution is -2.41. The molecule has 0 aliphatic carbocycles. The lowest BCUT2D eigenvalue weighted by Gasteiger charge is -2.17. The molecule has 0 aromatic heterocycles. The van der Waals surface area contributed by atoms with Gasteiger partial charge >= 0.3 is 12.3 Å². The Bertz CT molecular complexity index is 452. The van der Waals surface area contributed by atoms with E-state index in [1.54, 1.807) is 18.2 Å². The lowest BCUT2D eigenvalue weighted by atomic mass is 10.1. The van der Waals surface area contributed by atoms with Crippen LogP contribution in [0, 0.1) is 0 Å². The molecule has 0 saturated carbocycles. The van der Waals surface area contributed by atoms with Crippen molar-refractivity contribution in [2.24, 2.45) is 0 Å². The first-order chi connectivity index (χ1) is 9.38. The highest BCUT2D eigenvalue weighted by atomic mass is 19.3. The van der Waals surface area contributed by atoms with Gasteiger partial charge in [-0.2, -0.15) is 8.78 Å². The summed E-state index contributed by atoms with van der Waals surface area (Å²) >= 11 is 0. The Morgan fingerprint density at radius 3 is 2.55 bits per heavy atom. The van der Waals surface area contributed by atoms with Crippen LogP contribution in [0.4, 0.5) is 23.2 Å². The molecule has 0 fully saturated rings. The summed E-state index contributed by atoms with van der Waals surface area (Å²) < 4.78 is 49.5. The van der Waals surface area contributed by atoms with Crippen molar-refractivity contribution in [3.8, 4) is 0 Å². The number of carbonyl (C=O) groups excluding carboxylic acids is 1. The fourth-order valence-corrected chi connectivity index (χ4v) is 1.47. The summed E-state index contributed by atoms with van der Waals surface area (Å²) in [6.45, 7) is 1.14. The maximum atomic E-state index is 12.7. The second-order valence-corrected chi connectivity index (χ2v) is 4.22. The second-order valence-electron chi connectivity index (χ2n) is 4.22. The molecule has 0 atom stereocenters. The van der Waals surface area contributed by atoms with E-state index in [4.69, 9.17) is 0 Å². The number of nitrogens with one attached hydrogen (secondary N) is 2. The van der Waals surface area contributed by atoms with Crippen molar-refractivity contribution >= 4 is 11.6 Å². The van der Waals surface area contributed by atoms with E-state index in [1.807, 2.05) is 12.2 Å². The first-order valence-electron chi connectivity index (χ1n) is 6.15. The van der Waals surface area contributed by atoms with E-state index >= 15 is 0 Å². The van der Waals surface area contributed by atoms with Crippen LogP contribution < -0.4 is 10.6 Å². The summed E-state index contributed by atoms with van der Waals surface area (Å²) in [6.07, 6.45) is -2.99. The van der Waals surface area contributed by atoms with Crippen LogP contribution in [0.1, 0.15) is 23.7 Å². The van der Waals surface area contributed by atoms with E-state index < -0.39 is 24.8 Å². The van der Waals surface area contributed by atoms with E-state index in [0.29, 0.717) is 12.2 Å². The van der Waals surface area contributed by atoms with Gasteiger partial charge in [0.1, 0.15) is 0 Å². The van der Waals surface area contributed by atoms with Gasteiger partial charge in [0.2, 0.25) is 0 Å². The number of alkyl halides is 4. The average molecular weight is 292 g/mol. The van der Waals surface area contributed by atoms with E-state index in [2.05, 4.69) is 5.32 Å². The van der Waals surface area contributed by atoms with Crippen molar-refractivity contribution in [1.82, 2.24) is 5.32 Å². The summed E-state index contributed by atoms with van der Waals surface area (Å²) in [5.74, 6) is -5.05. The number of amides is 1. The number of carbonyl (C=O) groups is 1. The van der Waals surface area contributed by atoms with Crippen molar-refractivity contribution in [1.29, 1.82) is 0 Å². The summed E-state index contributed by atoms with van der Waals surface area (Å²) in [6, 6.07) is 6.31. The largest absolute Gasteiger partial charge is 0.384 e. The minimum atomic E-state index is -4.23. The summed E-state index contributed by atoms with van der Waals surface area (Å²) in [5.41, 5.74) is 0.623. The molecule has 0 heterocycles. The van der Waals surface area contributed by atoms with Gasteiger partial charge in [0.05, 0.1) is 12.1 Å². The average Bonchev–Trinajstić information content (AvgIpc) is 2.42. The molecule has 1 aromatic rings.